The van der Waals surface area contributed by atoms with Crippen LogP contribution < -0.4 is 4.90 Å². The molecule has 1 heterocycles. The van der Waals surface area contributed by atoms with E-state index in [1.54, 1.807) is 0 Å². The second-order valence-electron chi connectivity index (χ2n) is 18.0. The molecule has 4 nitrogen and oxygen atoms in total. The molecule has 0 atom stereocenters. The number of hydrogen-bond donors (Lipinski definition) is 0. The Morgan fingerprint density at radius 3 is 1.32 bits per heavy atom. The van der Waals surface area contributed by atoms with Crippen molar-refractivity contribution in [2.24, 2.45) is 0 Å². The third-order valence-electron chi connectivity index (χ3n) is 13.1. The van der Waals surface area contributed by atoms with Crippen LogP contribution in [0.3, 0.4) is 0 Å². The van der Waals surface area contributed by atoms with Crippen LogP contribution in [-0.2, 0) is 0 Å². The highest BCUT2D eigenvalue weighted by atomic mass is 15.3. The molecule has 0 bridgehead atoms. The van der Waals surface area contributed by atoms with Gasteiger partial charge in [0.25, 0.3) is 0 Å². The molecular weight excluding hydrogens is 825 g/mol. The quantitative estimate of drug-likeness (QED) is 0.121. The summed E-state index contributed by atoms with van der Waals surface area (Å²) >= 11 is 0. The van der Waals surface area contributed by atoms with Crippen LogP contribution >= 0.6 is 0 Å². The van der Waals surface area contributed by atoms with Gasteiger partial charge in [0.05, 0.1) is 5.69 Å². The molecule has 0 fully saturated rings. The molecule has 0 saturated carbocycles. The van der Waals surface area contributed by atoms with Crippen LogP contribution in [-0.4, -0.2) is 15.0 Å². The van der Waals surface area contributed by atoms with Gasteiger partial charge in [-0.25, -0.2) is 4.98 Å². The molecule has 10 rings (SSSR count). The summed E-state index contributed by atoms with van der Waals surface area (Å²) in [6, 6.07) is 75.5. The summed E-state index contributed by atoms with van der Waals surface area (Å²) in [6.07, 6.45) is 0. The van der Waals surface area contributed by atoms with Crippen molar-refractivity contribution in [3.63, 3.8) is 0 Å². The number of para-hydroxylation sites is 1. The molecule has 10 aromatic rings. The van der Waals surface area contributed by atoms with Crippen LogP contribution in [0.15, 0.2) is 212 Å². The molecule has 1 aromatic heterocycles. The van der Waals surface area contributed by atoms with E-state index in [-0.39, 0.29) is 5.92 Å². The van der Waals surface area contributed by atoms with Gasteiger partial charge < -0.3 is 0 Å². The van der Waals surface area contributed by atoms with Crippen LogP contribution in [0.2, 0.25) is 0 Å². The Bertz CT molecular complexity index is 3280. The van der Waals surface area contributed by atoms with Crippen LogP contribution in [0.1, 0.15) is 56.0 Å². The Morgan fingerprint density at radius 1 is 0.338 bits per heavy atom. The number of hydrogen-bond acceptors (Lipinski definition) is 4. The molecule has 330 valence electrons. The smallest absolute Gasteiger partial charge is 0.238 e. The van der Waals surface area contributed by atoms with E-state index >= 15 is 0 Å². The lowest BCUT2D eigenvalue weighted by Crippen LogP contribution is -2.16. The van der Waals surface area contributed by atoms with Crippen molar-refractivity contribution >= 4 is 17.3 Å². The average Bonchev–Trinajstić information content (AvgIpc) is 3.37. The first-order chi connectivity index (χ1) is 33.2. The predicted octanol–water partition coefficient (Wildman–Crippen LogP) is 16.7. The van der Waals surface area contributed by atoms with Gasteiger partial charge in [0, 0.05) is 28.3 Å². The Morgan fingerprint density at radius 2 is 0.765 bits per heavy atom. The van der Waals surface area contributed by atoms with Crippen molar-refractivity contribution < 1.29 is 0 Å². The zero-order valence-corrected chi connectivity index (χ0v) is 39.6. The number of rotatable bonds is 11. The van der Waals surface area contributed by atoms with Crippen molar-refractivity contribution in [3.05, 3.63) is 262 Å². The Hall–Kier alpha value is -8.21. The maximum atomic E-state index is 5.44. The molecule has 4 heteroatoms. The van der Waals surface area contributed by atoms with Crippen molar-refractivity contribution in [3.8, 4) is 56.2 Å². The second kappa shape index (κ2) is 18.9. The predicted molar refractivity (Wildman–Crippen MR) is 284 cm³/mol. The van der Waals surface area contributed by atoms with Crippen LogP contribution in [0, 0.1) is 41.5 Å². The second-order valence-corrected chi connectivity index (χ2v) is 18.0. The molecule has 0 aliphatic carbocycles. The van der Waals surface area contributed by atoms with E-state index in [1.165, 1.54) is 50.1 Å². The highest BCUT2D eigenvalue weighted by Gasteiger charge is 2.27. The number of aromatic nitrogens is 3. The summed E-state index contributed by atoms with van der Waals surface area (Å²) in [7, 11) is 0. The average molecular weight is 879 g/mol. The van der Waals surface area contributed by atoms with E-state index in [1.807, 2.05) is 12.1 Å². The molecule has 68 heavy (non-hydrogen) atoms. The zero-order chi connectivity index (χ0) is 46.7. The molecule has 0 aliphatic heterocycles. The summed E-state index contributed by atoms with van der Waals surface area (Å²) in [5, 5.41) is 0. The van der Waals surface area contributed by atoms with Gasteiger partial charge in [-0.2, -0.15) is 9.97 Å². The van der Waals surface area contributed by atoms with Crippen molar-refractivity contribution in [2.45, 2.75) is 47.5 Å². The highest BCUT2D eigenvalue weighted by Crippen LogP contribution is 2.44. The van der Waals surface area contributed by atoms with Crippen molar-refractivity contribution in [1.29, 1.82) is 0 Å². The Kier molecular flexibility index (Phi) is 12.2. The van der Waals surface area contributed by atoms with Gasteiger partial charge in [-0.05, 0) is 133 Å². The maximum absolute atomic E-state index is 5.44. The third-order valence-corrected chi connectivity index (χ3v) is 13.1. The molecule has 0 amide bonds. The van der Waals surface area contributed by atoms with Gasteiger partial charge in [0.1, 0.15) is 0 Å². The summed E-state index contributed by atoms with van der Waals surface area (Å²) in [4.78, 5) is 18.3. The van der Waals surface area contributed by atoms with Gasteiger partial charge in [0.2, 0.25) is 5.95 Å². The number of aryl methyl sites for hydroxylation is 6. The lowest BCUT2D eigenvalue weighted by molar-refractivity contribution is 0.919. The van der Waals surface area contributed by atoms with E-state index in [4.69, 9.17) is 15.0 Å². The van der Waals surface area contributed by atoms with Gasteiger partial charge in [0.15, 0.2) is 11.6 Å². The Balaban J connectivity index is 1.19. The monoisotopic (exact) mass is 878 g/mol. The molecule has 0 unspecified atom stereocenters. The van der Waals surface area contributed by atoms with Gasteiger partial charge in [-0.3, -0.25) is 4.90 Å². The maximum Gasteiger partial charge on any atom is 0.238 e. The molecular formula is C64H54N4. The van der Waals surface area contributed by atoms with E-state index < -0.39 is 0 Å². The summed E-state index contributed by atoms with van der Waals surface area (Å²) in [5.41, 5.74) is 22.0. The SMILES string of the molecule is Cc1cc(C)c(C(c2ccc(N(c3nc(-c4ccc(-c5ccccc5)cc4)nc(-c4cccc(-c5ccccc5)c4)n3)c3ccccc3-c3ccccc3)cc2)c2c(C)cc(C)cc2C)c(C)c1. The van der Waals surface area contributed by atoms with Gasteiger partial charge >= 0.3 is 0 Å². The van der Waals surface area contributed by atoms with Crippen LogP contribution in [0.4, 0.5) is 17.3 Å². The Labute approximate surface area is 401 Å². The third kappa shape index (κ3) is 8.89. The fraction of sp³-hybridized carbons (Fsp3) is 0.109. The molecule has 0 spiro atoms. The fourth-order valence-corrected chi connectivity index (χ4v) is 10.1. The molecule has 0 N–H and O–H groups in total. The standard InChI is InChI=1S/C64H54N4/c1-42-37-44(3)59(45(4)38-42)61(60-46(5)39-43(2)40-47(60)6)52-33-35-56(36-34-52)68(58-28-17-16-27-57(58)51-23-14-9-15-24-51)64-66-62(53-31-29-50(30-32-53)48-19-10-7-11-20-48)65-63(67-64)55-26-18-25-54(41-55)49-21-12-8-13-22-49/h7-41,61H,1-6H3. The number of anilines is 3. The normalized spacial score (nSPS) is 11.2. The number of nitrogens with zero attached hydrogens (tertiary/aromatic N) is 4. The minimum atomic E-state index is 0.0291. The lowest BCUT2D eigenvalue weighted by atomic mass is 9.77. The van der Waals surface area contributed by atoms with E-state index in [0.717, 1.165) is 55.9 Å². The van der Waals surface area contributed by atoms with E-state index in [0.29, 0.717) is 17.6 Å². The van der Waals surface area contributed by atoms with Crippen LogP contribution in [0.5, 0.6) is 0 Å². The van der Waals surface area contributed by atoms with Crippen molar-refractivity contribution in [2.75, 3.05) is 4.90 Å². The van der Waals surface area contributed by atoms with Gasteiger partial charge in [-0.1, -0.05) is 199 Å². The summed E-state index contributed by atoms with van der Waals surface area (Å²) in [5.74, 6) is 1.72. The first-order valence-electron chi connectivity index (χ1n) is 23.5. The van der Waals surface area contributed by atoms with Gasteiger partial charge in [-0.15, -0.1) is 0 Å². The van der Waals surface area contributed by atoms with E-state index in [2.05, 4.69) is 247 Å². The molecule has 0 aliphatic rings. The minimum absolute atomic E-state index is 0.0291. The molecule has 0 saturated heterocycles. The lowest BCUT2D eigenvalue weighted by Gasteiger charge is -2.29. The first kappa shape index (κ1) is 43.7. The molecule has 0 radical (unpaired) electrons. The van der Waals surface area contributed by atoms with Crippen LogP contribution in [0.25, 0.3) is 56.2 Å². The highest BCUT2D eigenvalue weighted by molar-refractivity contribution is 5.87. The minimum Gasteiger partial charge on any atom is -0.278 e. The van der Waals surface area contributed by atoms with Crippen molar-refractivity contribution in [1.82, 2.24) is 15.0 Å². The van der Waals surface area contributed by atoms with E-state index in [9.17, 15) is 0 Å². The number of benzene rings is 9. The first-order valence-corrected chi connectivity index (χ1v) is 23.5. The largest absolute Gasteiger partial charge is 0.278 e. The fourth-order valence-electron chi connectivity index (χ4n) is 10.1. The topological polar surface area (TPSA) is 41.9 Å². The summed E-state index contributed by atoms with van der Waals surface area (Å²) < 4.78 is 0. The zero-order valence-electron chi connectivity index (χ0n) is 39.6. The molecule has 9 aromatic carbocycles. The summed E-state index contributed by atoms with van der Waals surface area (Å²) in [6.45, 7) is 13.4.